The van der Waals surface area contributed by atoms with Crippen LogP contribution < -0.4 is 4.74 Å². The topological polar surface area (TPSA) is 105 Å². The first-order valence-corrected chi connectivity index (χ1v) is 10.8. The highest BCUT2D eigenvalue weighted by molar-refractivity contribution is 5.59. The molecule has 0 saturated carbocycles. The fourth-order valence-electron chi connectivity index (χ4n) is 3.57. The van der Waals surface area contributed by atoms with Crippen molar-refractivity contribution in [1.29, 1.82) is 0 Å². The zero-order valence-electron chi connectivity index (χ0n) is 19.4. The van der Waals surface area contributed by atoms with Crippen molar-refractivity contribution in [3.05, 3.63) is 71.2 Å². The minimum absolute atomic E-state index is 0.127. The van der Waals surface area contributed by atoms with E-state index in [2.05, 4.69) is 30.2 Å². The Hall–Kier alpha value is -4.48. The molecule has 184 valence electrons. The maximum absolute atomic E-state index is 12.4. The minimum atomic E-state index is -4.77. The lowest BCUT2D eigenvalue weighted by atomic mass is 10.1. The minimum Gasteiger partial charge on any atom is -0.441 e. The standard InChI is InChI=1S/C24H19F3N6O3/c1-13-5-4-6-17(11-13)22-28-19(15(3)34-22)12-33-14(2)20(30-32-33)23-29-21(31-36-23)16-7-9-18(10-8-16)35-24(25,26)27/h4-11H,12H2,1-3H3. The van der Waals surface area contributed by atoms with Gasteiger partial charge in [0.25, 0.3) is 5.89 Å². The Labute approximate surface area is 202 Å². The van der Waals surface area contributed by atoms with Crippen molar-refractivity contribution in [3.8, 4) is 40.2 Å². The first-order valence-electron chi connectivity index (χ1n) is 10.8. The van der Waals surface area contributed by atoms with Crippen LogP contribution in [-0.4, -0.2) is 36.5 Å². The largest absolute Gasteiger partial charge is 0.573 e. The summed E-state index contributed by atoms with van der Waals surface area (Å²) in [6.07, 6.45) is -4.77. The van der Waals surface area contributed by atoms with E-state index in [1.54, 1.807) is 11.6 Å². The molecule has 0 bridgehead atoms. The molecule has 0 amide bonds. The number of hydrogen-bond acceptors (Lipinski definition) is 8. The number of aryl methyl sites for hydroxylation is 2. The van der Waals surface area contributed by atoms with Crippen molar-refractivity contribution in [2.75, 3.05) is 0 Å². The lowest BCUT2D eigenvalue weighted by molar-refractivity contribution is -0.274. The summed E-state index contributed by atoms with van der Waals surface area (Å²) in [4.78, 5) is 8.94. The third kappa shape index (κ3) is 4.83. The molecule has 0 spiro atoms. The van der Waals surface area contributed by atoms with Crippen LogP contribution in [0.25, 0.3) is 34.4 Å². The summed E-state index contributed by atoms with van der Waals surface area (Å²) in [5.41, 5.74) is 4.19. The van der Waals surface area contributed by atoms with Crippen LogP contribution in [0, 0.1) is 20.8 Å². The fourth-order valence-corrected chi connectivity index (χ4v) is 3.57. The van der Waals surface area contributed by atoms with Crippen molar-refractivity contribution in [2.45, 2.75) is 33.7 Å². The van der Waals surface area contributed by atoms with Gasteiger partial charge in [-0.15, -0.1) is 18.3 Å². The highest BCUT2D eigenvalue weighted by atomic mass is 19.4. The summed E-state index contributed by atoms with van der Waals surface area (Å²) in [6.45, 7) is 5.96. The molecule has 36 heavy (non-hydrogen) atoms. The molecule has 0 aliphatic rings. The molecular formula is C24H19F3N6O3. The Balaban J connectivity index is 1.34. The van der Waals surface area contributed by atoms with Gasteiger partial charge in [-0.1, -0.05) is 28.1 Å². The van der Waals surface area contributed by atoms with E-state index in [1.165, 1.54) is 24.3 Å². The van der Waals surface area contributed by atoms with E-state index in [9.17, 15) is 13.2 Å². The number of oxazole rings is 1. The molecule has 0 N–H and O–H groups in total. The summed E-state index contributed by atoms with van der Waals surface area (Å²) < 4.78 is 53.8. The van der Waals surface area contributed by atoms with E-state index < -0.39 is 6.36 Å². The number of halogens is 3. The van der Waals surface area contributed by atoms with Crippen molar-refractivity contribution in [3.63, 3.8) is 0 Å². The molecule has 3 heterocycles. The van der Waals surface area contributed by atoms with Gasteiger partial charge in [-0.05, 0) is 57.2 Å². The summed E-state index contributed by atoms with van der Waals surface area (Å²) in [5, 5.41) is 12.3. The first kappa shape index (κ1) is 23.3. The molecule has 0 radical (unpaired) electrons. The van der Waals surface area contributed by atoms with Crippen LogP contribution in [0.4, 0.5) is 13.2 Å². The molecule has 0 atom stereocenters. The molecule has 5 aromatic rings. The van der Waals surface area contributed by atoms with Gasteiger partial charge < -0.3 is 13.7 Å². The van der Waals surface area contributed by atoms with Gasteiger partial charge >= 0.3 is 6.36 Å². The van der Waals surface area contributed by atoms with Crippen LogP contribution in [0.1, 0.15) is 22.7 Å². The van der Waals surface area contributed by atoms with Crippen molar-refractivity contribution in [1.82, 2.24) is 30.1 Å². The lowest BCUT2D eigenvalue weighted by Gasteiger charge is -2.08. The molecular weight excluding hydrogens is 477 g/mol. The number of nitrogens with zero attached hydrogens (tertiary/aromatic N) is 6. The van der Waals surface area contributed by atoms with Crippen molar-refractivity contribution < 1.29 is 26.8 Å². The number of alkyl halides is 3. The maximum atomic E-state index is 12.4. The molecule has 12 heteroatoms. The summed E-state index contributed by atoms with van der Waals surface area (Å²) in [6, 6.07) is 13.0. The molecule has 0 unspecified atom stereocenters. The van der Waals surface area contributed by atoms with E-state index in [0.29, 0.717) is 40.8 Å². The quantitative estimate of drug-likeness (QED) is 0.303. The molecule has 9 nitrogen and oxygen atoms in total. The second kappa shape index (κ2) is 8.95. The molecule has 5 rings (SSSR count). The van der Waals surface area contributed by atoms with E-state index in [-0.39, 0.29) is 17.5 Å². The molecule has 0 saturated heterocycles. The molecule has 0 aliphatic carbocycles. The number of rotatable bonds is 6. The number of ether oxygens (including phenoxy) is 1. The van der Waals surface area contributed by atoms with Crippen LogP contribution in [0.2, 0.25) is 0 Å². The molecule has 2 aromatic carbocycles. The maximum Gasteiger partial charge on any atom is 0.573 e. The molecule has 3 aromatic heterocycles. The average Bonchev–Trinajstić information content (AvgIpc) is 3.53. The van der Waals surface area contributed by atoms with Gasteiger partial charge in [0.2, 0.25) is 11.7 Å². The Bertz CT molecular complexity index is 1520. The number of hydrogen-bond donors (Lipinski definition) is 0. The Morgan fingerprint density at radius 2 is 1.72 bits per heavy atom. The number of benzene rings is 2. The normalized spacial score (nSPS) is 11.7. The fraction of sp³-hybridized carbons (Fsp3) is 0.208. The monoisotopic (exact) mass is 496 g/mol. The van der Waals surface area contributed by atoms with Gasteiger partial charge in [-0.3, -0.25) is 0 Å². The molecule has 0 fully saturated rings. The van der Waals surface area contributed by atoms with Crippen LogP contribution in [0.5, 0.6) is 5.75 Å². The smallest absolute Gasteiger partial charge is 0.441 e. The van der Waals surface area contributed by atoms with Crippen molar-refractivity contribution >= 4 is 0 Å². The van der Waals surface area contributed by atoms with Gasteiger partial charge in [0.15, 0.2) is 5.69 Å². The first-order chi connectivity index (χ1) is 17.2. The van der Waals surface area contributed by atoms with E-state index in [4.69, 9.17) is 8.94 Å². The second-order valence-corrected chi connectivity index (χ2v) is 8.07. The number of aromatic nitrogens is 6. The van der Waals surface area contributed by atoms with Crippen LogP contribution >= 0.6 is 0 Å². The SMILES string of the molecule is Cc1cccc(-c2nc(Cn3nnc(-c4nc(-c5ccc(OC(F)(F)F)cc5)no4)c3C)c(C)o2)c1. The highest BCUT2D eigenvalue weighted by Crippen LogP contribution is 2.28. The Kier molecular flexibility index (Phi) is 5.78. The summed E-state index contributed by atoms with van der Waals surface area (Å²) in [5.74, 6) is 1.16. The highest BCUT2D eigenvalue weighted by Gasteiger charge is 2.31. The Morgan fingerprint density at radius 3 is 2.44 bits per heavy atom. The summed E-state index contributed by atoms with van der Waals surface area (Å²) >= 11 is 0. The predicted octanol–water partition coefficient (Wildman–Crippen LogP) is 5.52. The van der Waals surface area contributed by atoms with Gasteiger partial charge in [0.1, 0.15) is 17.2 Å². The van der Waals surface area contributed by atoms with Gasteiger partial charge in [0, 0.05) is 11.1 Å². The third-order valence-corrected chi connectivity index (χ3v) is 5.41. The van der Waals surface area contributed by atoms with Gasteiger partial charge in [-0.2, -0.15) is 4.98 Å². The van der Waals surface area contributed by atoms with Crippen LogP contribution in [-0.2, 0) is 6.54 Å². The van der Waals surface area contributed by atoms with E-state index >= 15 is 0 Å². The zero-order valence-corrected chi connectivity index (χ0v) is 19.4. The van der Waals surface area contributed by atoms with E-state index in [1.807, 2.05) is 38.1 Å². The van der Waals surface area contributed by atoms with Gasteiger partial charge in [-0.25, -0.2) is 9.67 Å². The predicted molar refractivity (Wildman–Crippen MR) is 121 cm³/mol. The average molecular weight is 496 g/mol. The molecule has 0 aliphatic heterocycles. The summed E-state index contributed by atoms with van der Waals surface area (Å²) in [7, 11) is 0. The lowest BCUT2D eigenvalue weighted by Crippen LogP contribution is -2.16. The van der Waals surface area contributed by atoms with Crippen molar-refractivity contribution in [2.24, 2.45) is 0 Å². The zero-order chi connectivity index (χ0) is 25.4. The third-order valence-electron chi connectivity index (χ3n) is 5.41. The van der Waals surface area contributed by atoms with E-state index in [0.717, 1.165) is 11.1 Å². The second-order valence-electron chi connectivity index (χ2n) is 8.07. The Morgan fingerprint density at radius 1 is 0.944 bits per heavy atom. The van der Waals surface area contributed by atoms with Crippen LogP contribution in [0.15, 0.2) is 57.5 Å². The van der Waals surface area contributed by atoms with Gasteiger partial charge in [0.05, 0.1) is 12.2 Å². The van der Waals surface area contributed by atoms with Crippen LogP contribution in [0.3, 0.4) is 0 Å².